The molecule has 1 rings (SSSR count). The minimum absolute atomic E-state index is 0.0663. The highest BCUT2D eigenvalue weighted by atomic mass is 16.5. The van der Waals surface area contributed by atoms with Crippen LogP contribution in [-0.4, -0.2) is 42.4 Å². The Kier molecular flexibility index (Phi) is 5.40. The van der Waals surface area contributed by atoms with Gasteiger partial charge in [-0.2, -0.15) is 0 Å². The van der Waals surface area contributed by atoms with Gasteiger partial charge in [-0.25, -0.2) is 9.59 Å². The van der Waals surface area contributed by atoms with Crippen molar-refractivity contribution in [1.82, 2.24) is 10.6 Å². The number of carbonyl (C=O) groups is 2. The van der Waals surface area contributed by atoms with Crippen molar-refractivity contribution in [1.29, 1.82) is 0 Å². The van der Waals surface area contributed by atoms with Crippen LogP contribution in [0, 0.1) is 5.92 Å². The molecule has 1 aliphatic rings. The van der Waals surface area contributed by atoms with Crippen molar-refractivity contribution in [2.24, 2.45) is 5.92 Å². The summed E-state index contributed by atoms with van der Waals surface area (Å²) in [7, 11) is 1.66. The summed E-state index contributed by atoms with van der Waals surface area (Å²) in [5.41, 5.74) is 0. The van der Waals surface area contributed by atoms with Gasteiger partial charge in [0, 0.05) is 13.2 Å². The molecule has 0 aromatic heterocycles. The first-order valence-corrected chi connectivity index (χ1v) is 6.26. The Hall–Kier alpha value is -1.30. The molecule has 18 heavy (non-hydrogen) atoms. The molecule has 0 spiro atoms. The fourth-order valence-electron chi connectivity index (χ4n) is 2.17. The van der Waals surface area contributed by atoms with E-state index in [2.05, 4.69) is 10.6 Å². The second kappa shape index (κ2) is 6.58. The zero-order valence-corrected chi connectivity index (χ0v) is 11.1. The lowest BCUT2D eigenvalue weighted by molar-refractivity contribution is -0.140. The van der Waals surface area contributed by atoms with Gasteiger partial charge in [-0.05, 0) is 25.2 Å². The lowest BCUT2D eigenvalue weighted by Gasteiger charge is -2.20. The third-order valence-electron chi connectivity index (χ3n) is 3.27. The predicted octanol–water partition coefficient (Wildman–Crippen LogP) is 0.962. The van der Waals surface area contributed by atoms with Crippen LogP contribution in [-0.2, 0) is 9.53 Å². The third kappa shape index (κ3) is 4.18. The summed E-state index contributed by atoms with van der Waals surface area (Å²) in [6.07, 6.45) is 2.76. The van der Waals surface area contributed by atoms with Gasteiger partial charge in [0.25, 0.3) is 0 Å². The summed E-state index contributed by atoms with van der Waals surface area (Å²) < 4.78 is 5.21. The number of aliphatic carboxylic acids is 1. The van der Waals surface area contributed by atoms with Crippen molar-refractivity contribution < 1.29 is 19.4 Å². The molecular weight excluding hydrogens is 236 g/mol. The van der Waals surface area contributed by atoms with Gasteiger partial charge in [-0.1, -0.05) is 13.8 Å². The Morgan fingerprint density at radius 3 is 2.44 bits per heavy atom. The molecule has 0 aliphatic heterocycles. The topological polar surface area (TPSA) is 87.7 Å². The van der Waals surface area contributed by atoms with Gasteiger partial charge in [-0.15, -0.1) is 0 Å². The lowest BCUT2D eigenvalue weighted by Crippen LogP contribution is -2.50. The number of methoxy groups -OCH3 is 1. The van der Waals surface area contributed by atoms with E-state index in [9.17, 15) is 9.59 Å². The van der Waals surface area contributed by atoms with E-state index >= 15 is 0 Å². The number of carboxylic acid groups (broad SMARTS) is 1. The maximum atomic E-state index is 11.7. The number of nitrogens with one attached hydrogen (secondary N) is 2. The number of carbonyl (C=O) groups excluding carboxylic acids is 1. The van der Waals surface area contributed by atoms with E-state index in [-0.39, 0.29) is 18.1 Å². The molecule has 0 bridgehead atoms. The second-order valence-electron chi connectivity index (χ2n) is 5.05. The highest BCUT2D eigenvalue weighted by molar-refractivity contribution is 5.82. The summed E-state index contributed by atoms with van der Waals surface area (Å²) in [6.45, 7) is 3.52. The average molecular weight is 258 g/mol. The van der Waals surface area contributed by atoms with Gasteiger partial charge >= 0.3 is 12.0 Å². The van der Waals surface area contributed by atoms with Crippen molar-refractivity contribution in [2.75, 3.05) is 7.11 Å². The van der Waals surface area contributed by atoms with Crippen molar-refractivity contribution in [2.45, 2.75) is 51.3 Å². The Morgan fingerprint density at radius 2 is 2.00 bits per heavy atom. The molecule has 6 heteroatoms. The maximum Gasteiger partial charge on any atom is 0.326 e. The second-order valence-corrected chi connectivity index (χ2v) is 5.05. The average Bonchev–Trinajstić information content (AvgIpc) is 2.72. The molecule has 1 aliphatic carbocycles. The lowest BCUT2D eigenvalue weighted by atomic mass is 10.1. The van der Waals surface area contributed by atoms with Gasteiger partial charge in [0.15, 0.2) is 0 Å². The van der Waals surface area contributed by atoms with E-state index in [0.717, 1.165) is 19.3 Å². The minimum atomic E-state index is -1.01. The predicted molar refractivity (Wildman–Crippen MR) is 66.4 cm³/mol. The molecule has 1 saturated carbocycles. The smallest absolute Gasteiger partial charge is 0.326 e. The molecule has 0 radical (unpaired) electrons. The van der Waals surface area contributed by atoms with Crippen molar-refractivity contribution in [3.63, 3.8) is 0 Å². The number of hydrogen-bond acceptors (Lipinski definition) is 3. The van der Waals surface area contributed by atoms with E-state index in [0.29, 0.717) is 0 Å². The van der Waals surface area contributed by atoms with Gasteiger partial charge in [0.1, 0.15) is 6.04 Å². The molecule has 1 fully saturated rings. The van der Waals surface area contributed by atoms with Crippen molar-refractivity contribution in [3.8, 4) is 0 Å². The van der Waals surface area contributed by atoms with Crippen LogP contribution in [0.3, 0.4) is 0 Å². The van der Waals surface area contributed by atoms with Gasteiger partial charge in [0.05, 0.1) is 6.10 Å². The normalized spacial score (nSPS) is 24.9. The highest BCUT2D eigenvalue weighted by Gasteiger charge is 2.28. The first-order valence-electron chi connectivity index (χ1n) is 6.26. The van der Waals surface area contributed by atoms with E-state index < -0.39 is 18.0 Å². The van der Waals surface area contributed by atoms with E-state index in [1.54, 1.807) is 21.0 Å². The molecule has 3 unspecified atom stereocenters. The van der Waals surface area contributed by atoms with Gasteiger partial charge in [-0.3, -0.25) is 0 Å². The van der Waals surface area contributed by atoms with E-state index in [1.807, 2.05) is 0 Å². The van der Waals surface area contributed by atoms with Crippen LogP contribution >= 0.6 is 0 Å². The molecule has 0 saturated heterocycles. The molecular formula is C12H22N2O4. The van der Waals surface area contributed by atoms with Crippen molar-refractivity contribution >= 4 is 12.0 Å². The van der Waals surface area contributed by atoms with Crippen LogP contribution in [0.1, 0.15) is 33.1 Å². The summed E-state index contributed by atoms with van der Waals surface area (Å²) in [4.78, 5) is 22.6. The SMILES string of the molecule is COC1CCC(NC(=O)NC(C(=O)O)C(C)C)C1. The quantitative estimate of drug-likeness (QED) is 0.685. The monoisotopic (exact) mass is 258 g/mol. The van der Waals surface area contributed by atoms with Crippen LogP contribution in [0.25, 0.3) is 0 Å². The Morgan fingerprint density at radius 1 is 1.33 bits per heavy atom. The number of amides is 2. The van der Waals surface area contributed by atoms with Gasteiger partial charge in [0.2, 0.25) is 0 Å². The number of rotatable bonds is 5. The molecule has 104 valence electrons. The Balaban J connectivity index is 2.39. The number of carboxylic acids is 1. The molecule has 0 aromatic rings. The van der Waals surface area contributed by atoms with E-state index in [4.69, 9.17) is 9.84 Å². The first kappa shape index (κ1) is 14.8. The molecule has 3 N–H and O–H groups in total. The zero-order valence-electron chi connectivity index (χ0n) is 11.1. The first-order chi connectivity index (χ1) is 8.43. The number of hydrogen-bond donors (Lipinski definition) is 3. The summed E-state index contributed by atoms with van der Waals surface area (Å²) in [5, 5.41) is 14.2. The summed E-state index contributed by atoms with van der Waals surface area (Å²) in [6, 6.07) is -1.21. The van der Waals surface area contributed by atoms with Crippen LogP contribution < -0.4 is 10.6 Å². The fraction of sp³-hybridized carbons (Fsp3) is 0.833. The van der Waals surface area contributed by atoms with Crippen LogP contribution in [0.15, 0.2) is 0 Å². The fourth-order valence-corrected chi connectivity index (χ4v) is 2.17. The molecule has 3 atom stereocenters. The van der Waals surface area contributed by atoms with Crippen LogP contribution in [0.5, 0.6) is 0 Å². The summed E-state index contributed by atoms with van der Waals surface area (Å²) in [5.74, 6) is -1.16. The maximum absolute atomic E-state index is 11.7. The van der Waals surface area contributed by atoms with Gasteiger partial charge < -0.3 is 20.5 Å². The number of ether oxygens (including phenoxy) is 1. The molecule has 6 nitrogen and oxygen atoms in total. The Bertz CT molecular complexity index is 306. The van der Waals surface area contributed by atoms with E-state index in [1.165, 1.54) is 0 Å². The highest BCUT2D eigenvalue weighted by Crippen LogP contribution is 2.21. The zero-order chi connectivity index (χ0) is 13.7. The molecule has 2 amide bonds. The summed E-state index contributed by atoms with van der Waals surface area (Å²) >= 11 is 0. The largest absolute Gasteiger partial charge is 0.480 e. The minimum Gasteiger partial charge on any atom is -0.480 e. The number of urea groups is 1. The van der Waals surface area contributed by atoms with Crippen molar-refractivity contribution in [3.05, 3.63) is 0 Å². The molecule has 0 aromatic carbocycles. The van der Waals surface area contributed by atoms with Crippen LogP contribution in [0.4, 0.5) is 4.79 Å². The standard InChI is InChI=1S/C12H22N2O4/c1-7(2)10(11(15)16)14-12(17)13-8-4-5-9(6-8)18-3/h7-10H,4-6H2,1-3H3,(H,15,16)(H2,13,14,17). The third-order valence-corrected chi connectivity index (χ3v) is 3.27. The van der Waals surface area contributed by atoms with Crippen LogP contribution in [0.2, 0.25) is 0 Å². The molecule has 0 heterocycles. The Labute approximate surface area is 107 Å².